The molecule has 0 bridgehead atoms. The first-order chi connectivity index (χ1) is 16.8. The number of nitrogens with two attached hydrogens (primary N) is 2. The van der Waals surface area contributed by atoms with Crippen LogP contribution in [0.3, 0.4) is 0 Å². The lowest BCUT2D eigenvalue weighted by Gasteiger charge is -2.38. The van der Waals surface area contributed by atoms with Crippen LogP contribution in [-0.2, 0) is 0 Å². The van der Waals surface area contributed by atoms with Gasteiger partial charge in [-0.05, 0) is 67.1 Å². The SMILES string of the molecule is C/C(N)=C/C(N)=Nc1cc(N2CC(C)C2)nc(Sc2ccc(NC(=O)c3ccccc3Cl)cc2)n1. The van der Waals surface area contributed by atoms with Crippen LogP contribution >= 0.6 is 23.4 Å². The van der Waals surface area contributed by atoms with Crippen molar-refractivity contribution < 1.29 is 4.79 Å². The van der Waals surface area contributed by atoms with Crippen molar-refractivity contribution >= 4 is 52.4 Å². The smallest absolute Gasteiger partial charge is 0.257 e. The van der Waals surface area contributed by atoms with Gasteiger partial charge in [-0.1, -0.05) is 30.7 Å². The van der Waals surface area contributed by atoms with E-state index in [1.54, 1.807) is 37.3 Å². The largest absolute Gasteiger partial charge is 0.402 e. The molecule has 2 aromatic carbocycles. The minimum Gasteiger partial charge on any atom is -0.402 e. The van der Waals surface area contributed by atoms with Gasteiger partial charge in [0.2, 0.25) is 0 Å². The number of hydrogen-bond donors (Lipinski definition) is 3. The number of anilines is 2. The lowest BCUT2D eigenvalue weighted by atomic mass is 10.0. The first-order valence-corrected chi connectivity index (χ1v) is 12.2. The van der Waals surface area contributed by atoms with Crippen LogP contribution in [0.4, 0.5) is 17.3 Å². The van der Waals surface area contributed by atoms with E-state index in [1.165, 1.54) is 11.8 Å². The summed E-state index contributed by atoms with van der Waals surface area (Å²) >= 11 is 7.52. The molecule has 1 fully saturated rings. The van der Waals surface area contributed by atoms with Gasteiger partial charge in [-0.25, -0.2) is 15.0 Å². The molecule has 0 aliphatic carbocycles. The van der Waals surface area contributed by atoms with E-state index in [0.29, 0.717) is 38.9 Å². The molecule has 0 saturated carbocycles. The Bertz CT molecular complexity index is 1280. The van der Waals surface area contributed by atoms with Crippen LogP contribution in [-0.4, -0.2) is 34.8 Å². The highest BCUT2D eigenvalue weighted by Crippen LogP contribution is 2.32. The highest BCUT2D eigenvalue weighted by molar-refractivity contribution is 7.99. The van der Waals surface area contributed by atoms with Crippen LogP contribution in [0, 0.1) is 5.92 Å². The molecule has 0 radical (unpaired) electrons. The quantitative estimate of drug-likeness (QED) is 0.237. The topological polar surface area (TPSA) is 123 Å². The van der Waals surface area contributed by atoms with Gasteiger partial charge in [-0.3, -0.25) is 4.79 Å². The maximum Gasteiger partial charge on any atom is 0.257 e. The van der Waals surface area contributed by atoms with Crippen LogP contribution < -0.4 is 21.7 Å². The van der Waals surface area contributed by atoms with Crippen molar-refractivity contribution in [3.8, 4) is 0 Å². The molecule has 1 aliphatic rings. The summed E-state index contributed by atoms with van der Waals surface area (Å²) in [6.07, 6.45) is 1.59. The third-order valence-corrected chi connectivity index (χ3v) is 6.33. The molecule has 2 heterocycles. The van der Waals surface area contributed by atoms with Gasteiger partial charge in [0.25, 0.3) is 5.91 Å². The van der Waals surface area contributed by atoms with Crippen LogP contribution in [0.2, 0.25) is 5.02 Å². The van der Waals surface area contributed by atoms with Gasteiger partial charge < -0.3 is 21.7 Å². The first-order valence-electron chi connectivity index (χ1n) is 11.0. The van der Waals surface area contributed by atoms with Crippen LogP contribution in [0.5, 0.6) is 0 Å². The molecule has 1 amide bonds. The molecule has 1 saturated heterocycles. The van der Waals surface area contributed by atoms with Gasteiger partial charge in [0, 0.05) is 35.4 Å². The molecule has 8 nitrogen and oxygen atoms in total. The summed E-state index contributed by atoms with van der Waals surface area (Å²) < 4.78 is 0. The summed E-state index contributed by atoms with van der Waals surface area (Å²) in [6.45, 7) is 5.81. The molecule has 3 aromatic rings. The van der Waals surface area contributed by atoms with Gasteiger partial charge in [0.1, 0.15) is 11.7 Å². The molecular weight excluding hydrogens is 482 g/mol. The third kappa shape index (κ3) is 6.52. The fourth-order valence-corrected chi connectivity index (χ4v) is 4.49. The zero-order valence-corrected chi connectivity index (χ0v) is 21.0. The number of aromatic nitrogens is 2. The van der Waals surface area contributed by atoms with Crippen molar-refractivity contribution in [3.05, 3.63) is 77.0 Å². The van der Waals surface area contributed by atoms with Crippen molar-refractivity contribution in [2.75, 3.05) is 23.3 Å². The Morgan fingerprint density at radius 2 is 1.89 bits per heavy atom. The number of aliphatic imine (C=N–C) groups is 1. The van der Waals surface area contributed by atoms with E-state index in [-0.39, 0.29) is 11.7 Å². The minimum atomic E-state index is -0.266. The molecule has 180 valence electrons. The van der Waals surface area contributed by atoms with Crippen molar-refractivity contribution in [1.82, 2.24) is 9.97 Å². The lowest BCUT2D eigenvalue weighted by molar-refractivity contribution is 0.102. The number of halogens is 1. The number of nitrogens with zero attached hydrogens (tertiary/aromatic N) is 4. The average Bonchev–Trinajstić information content (AvgIpc) is 2.77. The first kappa shape index (κ1) is 24.6. The second-order valence-electron chi connectivity index (χ2n) is 8.36. The van der Waals surface area contributed by atoms with Crippen LogP contribution in [0.1, 0.15) is 24.2 Å². The van der Waals surface area contributed by atoms with E-state index >= 15 is 0 Å². The molecular formula is C25H26ClN7OS. The van der Waals surface area contributed by atoms with Crippen LogP contribution in [0.15, 0.2) is 81.4 Å². The number of rotatable bonds is 7. The Balaban J connectivity index is 1.52. The lowest BCUT2D eigenvalue weighted by Crippen LogP contribution is -2.45. The number of carbonyl (C=O) groups is 1. The fraction of sp³-hybridized carbons (Fsp3) is 0.200. The second-order valence-corrected chi connectivity index (χ2v) is 9.81. The summed E-state index contributed by atoms with van der Waals surface area (Å²) in [7, 11) is 0. The summed E-state index contributed by atoms with van der Waals surface area (Å²) in [6, 6.07) is 16.2. The number of benzene rings is 2. The van der Waals surface area contributed by atoms with Crippen LogP contribution in [0.25, 0.3) is 0 Å². The van der Waals surface area contributed by atoms with Crippen molar-refractivity contribution in [1.29, 1.82) is 0 Å². The number of amides is 1. The predicted octanol–water partition coefficient (Wildman–Crippen LogP) is 4.84. The Labute approximate surface area is 213 Å². The Hall–Kier alpha value is -3.56. The van der Waals surface area contributed by atoms with Gasteiger partial charge in [0.05, 0.1) is 10.6 Å². The van der Waals surface area contributed by atoms with E-state index in [0.717, 1.165) is 23.8 Å². The van der Waals surface area contributed by atoms with E-state index in [4.69, 9.17) is 28.1 Å². The molecule has 1 aliphatic heterocycles. The Morgan fingerprint density at radius 1 is 1.17 bits per heavy atom. The zero-order valence-electron chi connectivity index (χ0n) is 19.4. The average molecular weight is 508 g/mol. The van der Waals surface area contributed by atoms with E-state index in [9.17, 15) is 4.79 Å². The number of amidine groups is 1. The molecule has 0 spiro atoms. The van der Waals surface area contributed by atoms with Gasteiger partial charge >= 0.3 is 0 Å². The molecule has 0 unspecified atom stereocenters. The fourth-order valence-electron chi connectivity index (χ4n) is 3.51. The summed E-state index contributed by atoms with van der Waals surface area (Å²) in [5, 5.41) is 3.82. The highest BCUT2D eigenvalue weighted by Gasteiger charge is 2.25. The van der Waals surface area contributed by atoms with Gasteiger partial charge in [0.15, 0.2) is 11.0 Å². The number of carbonyl (C=O) groups excluding carboxylic acids is 1. The zero-order chi connectivity index (χ0) is 24.9. The molecule has 35 heavy (non-hydrogen) atoms. The summed E-state index contributed by atoms with van der Waals surface area (Å²) in [5.41, 5.74) is 13.3. The van der Waals surface area contributed by atoms with Crippen molar-refractivity contribution in [2.24, 2.45) is 22.4 Å². The summed E-state index contributed by atoms with van der Waals surface area (Å²) in [4.78, 5) is 29.3. The number of hydrogen-bond acceptors (Lipinski definition) is 7. The Kier molecular flexibility index (Phi) is 7.57. The predicted molar refractivity (Wildman–Crippen MR) is 143 cm³/mol. The van der Waals surface area contributed by atoms with E-state index in [1.807, 2.05) is 30.3 Å². The molecule has 1 aromatic heterocycles. The van der Waals surface area contributed by atoms with E-state index < -0.39 is 0 Å². The molecule has 4 rings (SSSR count). The van der Waals surface area contributed by atoms with Gasteiger partial charge in [-0.2, -0.15) is 0 Å². The minimum absolute atomic E-state index is 0.266. The monoisotopic (exact) mass is 507 g/mol. The second kappa shape index (κ2) is 10.8. The maximum atomic E-state index is 12.5. The van der Waals surface area contributed by atoms with E-state index in [2.05, 4.69) is 27.1 Å². The highest BCUT2D eigenvalue weighted by atomic mass is 35.5. The molecule has 5 N–H and O–H groups in total. The van der Waals surface area contributed by atoms with Gasteiger partial charge in [-0.15, -0.1) is 0 Å². The summed E-state index contributed by atoms with van der Waals surface area (Å²) in [5.74, 6) is 1.91. The Morgan fingerprint density at radius 3 is 2.54 bits per heavy atom. The number of nitrogens with one attached hydrogen (secondary N) is 1. The molecule has 10 heteroatoms. The normalized spacial score (nSPS) is 14.5. The maximum absolute atomic E-state index is 12.5. The van der Waals surface area contributed by atoms with Crippen molar-refractivity contribution in [2.45, 2.75) is 23.9 Å². The third-order valence-electron chi connectivity index (χ3n) is 5.13. The number of allylic oxidation sites excluding steroid dienone is 1. The molecule has 0 atom stereocenters. The standard InChI is InChI=1S/C25H26ClN7OS/c1-15-13-33(14-15)23-12-22(30-21(28)11-16(2)27)31-25(32-23)35-18-9-7-17(8-10-18)29-24(34)19-5-3-4-6-20(19)26/h3-12,15H,13-14,27H2,1-2H3,(H,29,34)(H2,28,30,31,32)/b16-11-. The van der Waals surface area contributed by atoms with Crippen molar-refractivity contribution in [3.63, 3.8) is 0 Å².